The molecule has 1 aliphatic heterocycles. The molecule has 4 atom stereocenters. The molecular formula is C28H43N5O7. The van der Waals surface area contributed by atoms with Crippen LogP contribution < -0.4 is 16.0 Å². The van der Waals surface area contributed by atoms with Crippen molar-refractivity contribution >= 4 is 29.8 Å². The van der Waals surface area contributed by atoms with Crippen molar-refractivity contribution in [3.05, 3.63) is 35.9 Å². The van der Waals surface area contributed by atoms with Gasteiger partial charge in [0.05, 0.1) is 7.11 Å². The highest BCUT2D eigenvalue weighted by molar-refractivity contribution is 5.95. The molecule has 2 rings (SSSR count). The fraction of sp³-hybridized carbons (Fsp3) is 0.607. The van der Waals surface area contributed by atoms with Crippen LogP contribution in [0.3, 0.4) is 0 Å². The number of amides is 4. The lowest BCUT2D eigenvalue weighted by molar-refractivity contribution is -0.145. The molecule has 0 unspecified atom stereocenters. The van der Waals surface area contributed by atoms with Crippen molar-refractivity contribution in [2.45, 2.75) is 76.7 Å². The number of likely N-dealkylation sites (tertiary alicyclic amines) is 1. The summed E-state index contributed by atoms with van der Waals surface area (Å²) >= 11 is 0. The van der Waals surface area contributed by atoms with E-state index in [1.54, 1.807) is 39.8 Å². The molecule has 1 fully saturated rings. The lowest BCUT2D eigenvalue weighted by atomic mass is 10.1. The van der Waals surface area contributed by atoms with Crippen LogP contribution in [0.4, 0.5) is 4.79 Å². The summed E-state index contributed by atoms with van der Waals surface area (Å²) in [5, 5.41) is 7.94. The van der Waals surface area contributed by atoms with Crippen molar-refractivity contribution < 1.29 is 33.4 Å². The monoisotopic (exact) mass is 561 g/mol. The highest BCUT2D eigenvalue weighted by Gasteiger charge is 2.39. The van der Waals surface area contributed by atoms with Gasteiger partial charge in [0.15, 0.2) is 0 Å². The smallest absolute Gasteiger partial charge is 0.408 e. The van der Waals surface area contributed by atoms with E-state index in [2.05, 4.69) is 16.0 Å². The van der Waals surface area contributed by atoms with Crippen molar-refractivity contribution in [2.24, 2.45) is 0 Å². The van der Waals surface area contributed by atoms with E-state index in [-0.39, 0.29) is 13.0 Å². The van der Waals surface area contributed by atoms with E-state index in [0.29, 0.717) is 19.4 Å². The van der Waals surface area contributed by atoms with Gasteiger partial charge in [0.25, 0.3) is 0 Å². The number of ether oxygens (including phenoxy) is 2. The van der Waals surface area contributed by atoms with E-state index >= 15 is 0 Å². The molecule has 1 heterocycles. The molecular weight excluding hydrogens is 518 g/mol. The first-order chi connectivity index (χ1) is 18.7. The van der Waals surface area contributed by atoms with Gasteiger partial charge in [-0.05, 0) is 60.2 Å². The molecule has 12 nitrogen and oxygen atoms in total. The van der Waals surface area contributed by atoms with Crippen LogP contribution in [-0.2, 0) is 35.1 Å². The summed E-state index contributed by atoms with van der Waals surface area (Å²) in [6.45, 7) is 7.22. The molecule has 0 bridgehead atoms. The van der Waals surface area contributed by atoms with Crippen LogP contribution in [0, 0.1) is 0 Å². The molecule has 1 saturated heterocycles. The number of rotatable bonds is 11. The van der Waals surface area contributed by atoms with Crippen LogP contribution in [0.15, 0.2) is 30.3 Å². The molecule has 1 aromatic carbocycles. The number of hydrogen-bond acceptors (Lipinski definition) is 8. The Bertz CT molecular complexity index is 1040. The quantitative estimate of drug-likeness (QED) is 0.337. The lowest BCUT2D eigenvalue weighted by Crippen LogP contribution is -2.58. The molecule has 1 aromatic rings. The zero-order chi connectivity index (χ0) is 30.0. The zero-order valence-electron chi connectivity index (χ0n) is 24.5. The summed E-state index contributed by atoms with van der Waals surface area (Å²) in [4.78, 5) is 67.5. The average Bonchev–Trinajstić information content (AvgIpc) is 3.36. The van der Waals surface area contributed by atoms with Gasteiger partial charge in [-0.3, -0.25) is 14.4 Å². The highest BCUT2D eigenvalue weighted by atomic mass is 16.6. The molecule has 4 amide bonds. The largest absolute Gasteiger partial charge is 0.467 e. The predicted octanol–water partition coefficient (Wildman–Crippen LogP) is 0.838. The maximum atomic E-state index is 13.5. The molecule has 0 aliphatic carbocycles. The molecule has 3 N–H and O–H groups in total. The second-order valence-corrected chi connectivity index (χ2v) is 11.2. The van der Waals surface area contributed by atoms with Gasteiger partial charge in [-0.2, -0.15) is 0 Å². The first-order valence-corrected chi connectivity index (χ1v) is 13.4. The van der Waals surface area contributed by atoms with Gasteiger partial charge in [0.1, 0.15) is 29.8 Å². The number of nitrogens with zero attached hydrogens (tertiary/aromatic N) is 2. The SMILES string of the molecule is COC(=O)[C@H](Cc1ccccc1)NC(=O)[C@H](C)NC(=O)[C@H]1CCCN1C(=O)[C@H](CN(C)C)NC(=O)OC(C)(C)C. The van der Waals surface area contributed by atoms with Crippen LogP contribution in [0.25, 0.3) is 0 Å². The van der Waals surface area contributed by atoms with E-state index in [1.807, 2.05) is 30.3 Å². The zero-order valence-corrected chi connectivity index (χ0v) is 24.5. The maximum Gasteiger partial charge on any atom is 0.408 e. The lowest BCUT2D eigenvalue weighted by Gasteiger charge is -2.31. The number of esters is 1. The van der Waals surface area contributed by atoms with Crippen molar-refractivity contribution in [1.82, 2.24) is 25.8 Å². The third-order valence-corrected chi connectivity index (χ3v) is 6.21. The normalized spacial score (nSPS) is 17.4. The summed E-state index contributed by atoms with van der Waals surface area (Å²) in [6.07, 6.45) is 0.496. The number of alkyl carbamates (subject to hydrolysis) is 1. The summed E-state index contributed by atoms with van der Waals surface area (Å²) in [5.41, 5.74) is 0.0959. The van der Waals surface area contributed by atoms with Gasteiger partial charge in [-0.1, -0.05) is 30.3 Å². The number of benzene rings is 1. The van der Waals surface area contributed by atoms with Crippen LogP contribution in [0.1, 0.15) is 46.1 Å². The molecule has 12 heteroatoms. The van der Waals surface area contributed by atoms with Crippen molar-refractivity contribution in [2.75, 3.05) is 34.3 Å². The Hall–Kier alpha value is -3.67. The topological polar surface area (TPSA) is 146 Å². The fourth-order valence-corrected chi connectivity index (χ4v) is 4.36. The van der Waals surface area contributed by atoms with E-state index in [1.165, 1.54) is 18.9 Å². The molecule has 40 heavy (non-hydrogen) atoms. The number of carbonyl (C=O) groups is 5. The molecule has 0 radical (unpaired) electrons. The Morgan fingerprint density at radius 1 is 1.02 bits per heavy atom. The van der Waals surface area contributed by atoms with Gasteiger partial charge >= 0.3 is 12.1 Å². The van der Waals surface area contributed by atoms with Gasteiger partial charge < -0.3 is 35.2 Å². The standard InChI is InChI=1S/C28H43N5O7/c1-18(23(34)30-20(26(37)39-7)16-19-12-9-8-10-13-19)29-24(35)22-14-11-15-33(22)25(36)21(17-32(5)6)31-27(38)40-28(2,3)4/h8-10,12-13,18,20-22H,11,14-17H2,1-7H3,(H,29,35)(H,30,34)(H,31,38)/t18-,20-,21-,22+/m0/s1. The van der Waals surface area contributed by atoms with Gasteiger partial charge in [0, 0.05) is 19.5 Å². The Morgan fingerprint density at radius 2 is 1.68 bits per heavy atom. The average molecular weight is 562 g/mol. The van der Waals surface area contributed by atoms with E-state index in [4.69, 9.17) is 9.47 Å². The second-order valence-electron chi connectivity index (χ2n) is 11.2. The van der Waals surface area contributed by atoms with E-state index < -0.39 is 59.6 Å². The molecule has 0 spiro atoms. The molecule has 1 aliphatic rings. The van der Waals surface area contributed by atoms with Crippen LogP contribution in [-0.4, -0.2) is 104 Å². The number of hydrogen-bond donors (Lipinski definition) is 3. The van der Waals surface area contributed by atoms with Crippen LogP contribution in [0.5, 0.6) is 0 Å². The van der Waals surface area contributed by atoms with Gasteiger partial charge in [0.2, 0.25) is 17.7 Å². The number of nitrogens with one attached hydrogen (secondary N) is 3. The number of likely N-dealkylation sites (N-methyl/N-ethyl adjacent to an activating group) is 1. The van der Waals surface area contributed by atoms with Gasteiger partial charge in [-0.25, -0.2) is 9.59 Å². The minimum Gasteiger partial charge on any atom is -0.467 e. The summed E-state index contributed by atoms with van der Waals surface area (Å²) in [6, 6.07) is 5.51. The van der Waals surface area contributed by atoms with Crippen LogP contribution >= 0.6 is 0 Å². The molecule has 0 aromatic heterocycles. The van der Waals surface area contributed by atoms with Crippen molar-refractivity contribution in [3.63, 3.8) is 0 Å². The first-order valence-electron chi connectivity index (χ1n) is 13.4. The number of carbonyl (C=O) groups excluding carboxylic acids is 5. The number of methoxy groups -OCH3 is 1. The first kappa shape index (κ1) is 32.5. The fourth-order valence-electron chi connectivity index (χ4n) is 4.36. The molecule has 222 valence electrons. The Morgan fingerprint density at radius 3 is 2.25 bits per heavy atom. The second kappa shape index (κ2) is 14.6. The van der Waals surface area contributed by atoms with E-state index in [0.717, 1.165) is 5.56 Å². The summed E-state index contributed by atoms with van der Waals surface area (Å²) in [5.74, 6) is -2.07. The third kappa shape index (κ3) is 10.1. The Kier molecular flexibility index (Phi) is 11.9. The minimum atomic E-state index is -0.981. The maximum absolute atomic E-state index is 13.5. The van der Waals surface area contributed by atoms with Crippen molar-refractivity contribution in [3.8, 4) is 0 Å². The Balaban J connectivity index is 2.06. The highest BCUT2D eigenvalue weighted by Crippen LogP contribution is 2.19. The summed E-state index contributed by atoms with van der Waals surface area (Å²) < 4.78 is 10.2. The predicted molar refractivity (Wildman–Crippen MR) is 148 cm³/mol. The summed E-state index contributed by atoms with van der Waals surface area (Å²) in [7, 11) is 4.78. The van der Waals surface area contributed by atoms with Crippen molar-refractivity contribution in [1.29, 1.82) is 0 Å². The van der Waals surface area contributed by atoms with E-state index in [9.17, 15) is 24.0 Å². The minimum absolute atomic E-state index is 0.206. The molecule has 0 saturated carbocycles. The van der Waals surface area contributed by atoms with Crippen LogP contribution in [0.2, 0.25) is 0 Å². The third-order valence-electron chi connectivity index (χ3n) is 6.21. The Labute approximate surface area is 236 Å². The van der Waals surface area contributed by atoms with Gasteiger partial charge in [-0.15, -0.1) is 0 Å².